The molecule has 0 unspecified atom stereocenters. The van der Waals surface area contributed by atoms with Crippen molar-refractivity contribution in [3.63, 3.8) is 0 Å². The highest BCUT2D eigenvalue weighted by Crippen LogP contribution is 2.34. The van der Waals surface area contributed by atoms with Crippen LogP contribution in [0.5, 0.6) is 17.5 Å². The molecule has 0 spiro atoms. The van der Waals surface area contributed by atoms with Crippen LogP contribution in [-0.2, 0) is 20.3 Å². The number of nitrogens with zero attached hydrogens (tertiary/aromatic N) is 3. The van der Waals surface area contributed by atoms with Crippen molar-refractivity contribution in [3.05, 3.63) is 67.8 Å². The second-order valence-corrected chi connectivity index (χ2v) is 7.27. The van der Waals surface area contributed by atoms with E-state index in [0.717, 1.165) is 9.13 Å². The van der Waals surface area contributed by atoms with Gasteiger partial charge in [0.25, 0.3) is 11.5 Å². The molecule has 1 amide bonds. The Morgan fingerprint density at radius 1 is 1.22 bits per heavy atom. The van der Waals surface area contributed by atoms with Crippen molar-refractivity contribution in [1.29, 1.82) is 0 Å². The number of alkyl halides is 3. The van der Waals surface area contributed by atoms with Crippen LogP contribution in [0.25, 0.3) is 0 Å². The number of carbonyl (C=O) groups is 1. The molecule has 168 valence electrons. The molecule has 32 heavy (non-hydrogen) atoms. The molecule has 0 aliphatic rings. The van der Waals surface area contributed by atoms with Crippen molar-refractivity contribution in [1.82, 2.24) is 14.1 Å². The first-order valence-corrected chi connectivity index (χ1v) is 9.49. The summed E-state index contributed by atoms with van der Waals surface area (Å²) in [7, 11) is 2.77. The normalized spacial score (nSPS) is 11.3. The lowest BCUT2D eigenvalue weighted by molar-refractivity contribution is -0.137. The minimum absolute atomic E-state index is 0.0288. The average molecular weight is 487 g/mol. The molecule has 13 heteroatoms. The number of hydrogen-bond donors (Lipinski definition) is 2. The Hall–Kier alpha value is -3.38. The number of rotatable bonds is 4. The van der Waals surface area contributed by atoms with E-state index in [9.17, 15) is 27.9 Å². The van der Waals surface area contributed by atoms with E-state index >= 15 is 0 Å². The molecular weight excluding hydrogens is 473 g/mol. The first-order chi connectivity index (χ1) is 14.9. The van der Waals surface area contributed by atoms with E-state index < -0.39 is 34.6 Å². The van der Waals surface area contributed by atoms with Crippen LogP contribution >= 0.6 is 23.8 Å². The molecule has 3 rings (SSSR count). The lowest BCUT2D eigenvalue weighted by atomic mass is 10.2. The molecule has 0 aliphatic heterocycles. The van der Waals surface area contributed by atoms with Crippen molar-refractivity contribution in [2.24, 2.45) is 14.1 Å². The molecule has 0 aliphatic carbocycles. The van der Waals surface area contributed by atoms with E-state index in [1.165, 1.54) is 38.4 Å². The molecule has 0 fully saturated rings. The lowest BCUT2D eigenvalue weighted by Gasteiger charge is -2.12. The molecule has 0 saturated heterocycles. The van der Waals surface area contributed by atoms with Crippen LogP contribution in [0, 0.1) is 4.77 Å². The van der Waals surface area contributed by atoms with Gasteiger partial charge in [-0.2, -0.15) is 13.2 Å². The number of amides is 1. The molecule has 3 aromatic rings. The Morgan fingerprint density at radius 2 is 1.84 bits per heavy atom. The zero-order valence-electron chi connectivity index (χ0n) is 16.4. The molecule has 0 radical (unpaired) electrons. The fraction of sp³-hybridized carbons (Fsp3) is 0.158. The summed E-state index contributed by atoms with van der Waals surface area (Å²) in [6.07, 6.45) is -4.00. The fourth-order valence-electron chi connectivity index (χ4n) is 2.60. The van der Waals surface area contributed by atoms with Gasteiger partial charge in [0.05, 0.1) is 5.56 Å². The molecule has 0 atom stereocenters. The summed E-state index contributed by atoms with van der Waals surface area (Å²) in [5, 5.41) is 12.3. The molecule has 0 bridgehead atoms. The van der Waals surface area contributed by atoms with Crippen LogP contribution in [0.1, 0.15) is 15.9 Å². The van der Waals surface area contributed by atoms with Gasteiger partial charge in [0.2, 0.25) is 11.8 Å². The Labute approximate surface area is 188 Å². The van der Waals surface area contributed by atoms with Crippen molar-refractivity contribution in [3.8, 4) is 17.5 Å². The number of carbonyl (C=O) groups excluding carboxylic acids is 1. The second kappa shape index (κ2) is 8.63. The first kappa shape index (κ1) is 23.3. The maximum atomic E-state index is 12.7. The molecule has 8 nitrogen and oxygen atoms in total. The fourth-order valence-corrected chi connectivity index (χ4v) is 2.97. The topological polar surface area (TPSA) is 98.4 Å². The monoisotopic (exact) mass is 486 g/mol. The van der Waals surface area contributed by atoms with Crippen LogP contribution in [-0.4, -0.2) is 25.1 Å². The highest BCUT2D eigenvalue weighted by molar-refractivity contribution is 7.71. The Kier molecular flexibility index (Phi) is 6.28. The third-order valence-electron chi connectivity index (χ3n) is 4.32. The Balaban J connectivity index is 1.78. The zero-order valence-corrected chi connectivity index (χ0v) is 18.0. The SMILES string of the molecule is Cn1c(O)c(C(=O)Nc2ccc(Oc3ncc(C(F)(F)F)cc3Cl)cc2)c(=O)n(C)c1=S. The summed E-state index contributed by atoms with van der Waals surface area (Å²) in [6, 6.07) is 6.31. The number of aromatic hydroxyl groups is 1. The van der Waals surface area contributed by atoms with Gasteiger partial charge < -0.3 is 15.2 Å². The predicted molar refractivity (Wildman–Crippen MR) is 112 cm³/mol. The van der Waals surface area contributed by atoms with Crippen LogP contribution in [0.15, 0.2) is 41.3 Å². The minimum Gasteiger partial charge on any atom is -0.494 e. The standard InChI is InChI=1S/C19H14ClF3N4O4S/c1-26-16(29)13(17(30)27(2)18(26)32)14(28)25-10-3-5-11(6-4-10)31-15-12(20)7-9(8-24-15)19(21,22)23/h3-8,29H,1-2H3,(H,25,28). The van der Waals surface area contributed by atoms with Gasteiger partial charge in [-0.15, -0.1) is 0 Å². The number of pyridine rings is 1. The molecular formula is C19H14ClF3N4O4S. The highest BCUT2D eigenvalue weighted by atomic mass is 35.5. The average Bonchev–Trinajstić information content (AvgIpc) is 2.73. The van der Waals surface area contributed by atoms with E-state index in [-0.39, 0.29) is 27.1 Å². The number of hydrogen-bond acceptors (Lipinski definition) is 6. The van der Waals surface area contributed by atoms with Crippen molar-refractivity contribution >= 4 is 35.4 Å². The van der Waals surface area contributed by atoms with Gasteiger partial charge >= 0.3 is 6.18 Å². The molecule has 2 aromatic heterocycles. The van der Waals surface area contributed by atoms with Gasteiger partial charge in [-0.25, -0.2) is 4.98 Å². The number of halogens is 4. The minimum atomic E-state index is -4.59. The maximum Gasteiger partial charge on any atom is 0.417 e. The number of anilines is 1. The van der Waals surface area contributed by atoms with Gasteiger partial charge in [-0.3, -0.25) is 18.7 Å². The number of nitrogens with one attached hydrogen (secondary N) is 1. The summed E-state index contributed by atoms with van der Waals surface area (Å²) in [5.41, 5.74) is -2.03. The van der Waals surface area contributed by atoms with E-state index in [4.69, 9.17) is 28.6 Å². The molecule has 2 heterocycles. The third-order valence-corrected chi connectivity index (χ3v) is 5.14. The summed E-state index contributed by atoms with van der Waals surface area (Å²) in [4.78, 5) is 28.4. The first-order valence-electron chi connectivity index (χ1n) is 8.71. The third kappa shape index (κ3) is 4.60. The van der Waals surface area contributed by atoms with Crippen LogP contribution < -0.4 is 15.6 Å². The highest BCUT2D eigenvalue weighted by Gasteiger charge is 2.31. The van der Waals surface area contributed by atoms with Crippen molar-refractivity contribution in [2.75, 3.05) is 5.32 Å². The summed E-state index contributed by atoms with van der Waals surface area (Å²) < 4.78 is 45.6. The number of ether oxygens (including phenoxy) is 1. The van der Waals surface area contributed by atoms with Gasteiger partial charge in [0, 0.05) is 26.0 Å². The summed E-state index contributed by atoms with van der Waals surface area (Å²) >= 11 is 10.8. The smallest absolute Gasteiger partial charge is 0.417 e. The van der Waals surface area contributed by atoms with Crippen molar-refractivity contribution < 1.29 is 27.8 Å². The summed E-state index contributed by atoms with van der Waals surface area (Å²) in [5.74, 6) is -1.51. The van der Waals surface area contributed by atoms with Gasteiger partial charge in [0.15, 0.2) is 10.3 Å². The number of aromatic nitrogens is 3. The van der Waals surface area contributed by atoms with Gasteiger partial charge in [-0.1, -0.05) is 11.6 Å². The van der Waals surface area contributed by atoms with Crippen LogP contribution in [0.3, 0.4) is 0 Å². The molecule has 2 N–H and O–H groups in total. The van der Waals surface area contributed by atoms with Crippen LogP contribution in [0.2, 0.25) is 5.02 Å². The number of benzene rings is 1. The summed E-state index contributed by atoms with van der Waals surface area (Å²) in [6.45, 7) is 0. The van der Waals surface area contributed by atoms with Gasteiger partial charge in [-0.05, 0) is 42.5 Å². The van der Waals surface area contributed by atoms with E-state index in [0.29, 0.717) is 12.3 Å². The van der Waals surface area contributed by atoms with E-state index in [1.54, 1.807) is 0 Å². The predicted octanol–water partition coefficient (Wildman–Crippen LogP) is 4.27. The largest absolute Gasteiger partial charge is 0.494 e. The maximum absolute atomic E-state index is 12.7. The Bertz CT molecular complexity index is 1320. The zero-order chi connectivity index (χ0) is 23.8. The van der Waals surface area contributed by atoms with E-state index in [2.05, 4.69) is 10.3 Å². The quantitative estimate of drug-likeness (QED) is 0.534. The van der Waals surface area contributed by atoms with Crippen LogP contribution in [0.4, 0.5) is 18.9 Å². The van der Waals surface area contributed by atoms with E-state index in [1.807, 2.05) is 0 Å². The van der Waals surface area contributed by atoms with Crippen molar-refractivity contribution in [2.45, 2.75) is 6.18 Å². The Morgan fingerprint density at radius 3 is 2.41 bits per heavy atom. The lowest BCUT2D eigenvalue weighted by Crippen LogP contribution is -2.30. The second-order valence-electron chi connectivity index (χ2n) is 6.49. The molecule has 1 aromatic carbocycles. The molecule has 0 saturated carbocycles. The van der Waals surface area contributed by atoms with Gasteiger partial charge in [0.1, 0.15) is 10.8 Å².